The highest BCUT2D eigenvalue weighted by Gasteiger charge is 2.33. The van der Waals surface area contributed by atoms with Crippen molar-refractivity contribution in [1.29, 1.82) is 0 Å². The molecule has 0 saturated carbocycles. The number of carbonyl (C=O) groups is 2. The van der Waals surface area contributed by atoms with Crippen molar-refractivity contribution < 1.29 is 9.59 Å². The van der Waals surface area contributed by atoms with Crippen LogP contribution in [0.1, 0.15) is 38.2 Å². The third-order valence-electron chi connectivity index (χ3n) is 5.79. The molecule has 2 fully saturated rings. The summed E-state index contributed by atoms with van der Waals surface area (Å²) in [5.41, 5.74) is 1.23. The van der Waals surface area contributed by atoms with Crippen molar-refractivity contribution in [2.24, 2.45) is 11.8 Å². The molecule has 2 heterocycles. The molecular formula is C22H33N3O2. The molecule has 0 aromatic heterocycles. The lowest BCUT2D eigenvalue weighted by atomic mass is 10.0. The fourth-order valence-electron chi connectivity index (χ4n) is 4.22. The molecular weight excluding hydrogens is 338 g/mol. The molecule has 5 nitrogen and oxygen atoms in total. The molecule has 2 amide bonds. The van der Waals surface area contributed by atoms with Gasteiger partial charge in [-0.25, -0.2) is 0 Å². The van der Waals surface area contributed by atoms with Crippen LogP contribution in [0.2, 0.25) is 0 Å². The van der Waals surface area contributed by atoms with Gasteiger partial charge >= 0.3 is 0 Å². The number of hydrogen-bond acceptors (Lipinski definition) is 3. The Kier molecular flexibility index (Phi) is 7.27. The topological polar surface area (TPSA) is 52.7 Å². The Balaban J connectivity index is 1.33. The number of likely N-dealkylation sites (tertiary alicyclic amines) is 2. The van der Waals surface area contributed by atoms with Crippen LogP contribution >= 0.6 is 0 Å². The molecule has 27 heavy (non-hydrogen) atoms. The highest BCUT2D eigenvalue weighted by Crippen LogP contribution is 2.19. The van der Waals surface area contributed by atoms with Crippen molar-refractivity contribution in [3.63, 3.8) is 0 Å². The summed E-state index contributed by atoms with van der Waals surface area (Å²) >= 11 is 0. The summed E-state index contributed by atoms with van der Waals surface area (Å²) in [6.07, 6.45) is 4.80. The van der Waals surface area contributed by atoms with Crippen molar-refractivity contribution in [3.8, 4) is 0 Å². The molecule has 2 aliphatic rings. The zero-order valence-electron chi connectivity index (χ0n) is 16.5. The molecule has 1 aromatic rings. The Hall–Kier alpha value is -1.88. The van der Waals surface area contributed by atoms with Gasteiger partial charge in [0.2, 0.25) is 11.8 Å². The van der Waals surface area contributed by atoms with Gasteiger partial charge in [-0.05, 0) is 50.3 Å². The van der Waals surface area contributed by atoms with E-state index in [9.17, 15) is 9.59 Å². The van der Waals surface area contributed by atoms with Gasteiger partial charge in [0.05, 0.1) is 5.92 Å². The average Bonchev–Trinajstić information content (AvgIpc) is 3.05. The number of nitrogens with one attached hydrogen (secondary N) is 1. The molecule has 0 bridgehead atoms. The quantitative estimate of drug-likeness (QED) is 0.714. The Bertz CT molecular complexity index is 619. The molecule has 0 unspecified atom stereocenters. The average molecular weight is 372 g/mol. The first-order valence-corrected chi connectivity index (χ1v) is 10.4. The van der Waals surface area contributed by atoms with E-state index < -0.39 is 0 Å². The van der Waals surface area contributed by atoms with Gasteiger partial charge in [-0.1, -0.05) is 37.3 Å². The van der Waals surface area contributed by atoms with Crippen LogP contribution in [0, 0.1) is 11.8 Å². The first-order valence-electron chi connectivity index (χ1n) is 10.4. The summed E-state index contributed by atoms with van der Waals surface area (Å²) in [7, 11) is 0. The zero-order chi connectivity index (χ0) is 19.1. The first kappa shape index (κ1) is 19.9. The highest BCUT2D eigenvalue weighted by atomic mass is 16.2. The van der Waals surface area contributed by atoms with Gasteiger partial charge in [0.1, 0.15) is 0 Å². The van der Waals surface area contributed by atoms with E-state index in [1.54, 1.807) is 0 Å². The van der Waals surface area contributed by atoms with Gasteiger partial charge < -0.3 is 15.1 Å². The second kappa shape index (κ2) is 9.88. The number of rotatable bonds is 8. The fourth-order valence-corrected chi connectivity index (χ4v) is 4.22. The number of carbonyl (C=O) groups excluding carboxylic acids is 2. The third-order valence-corrected chi connectivity index (χ3v) is 5.79. The predicted molar refractivity (Wildman–Crippen MR) is 107 cm³/mol. The number of nitrogens with zero attached hydrogens (tertiary/aromatic N) is 2. The van der Waals surface area contributed by atoms with Crippen LogP contribution in [0.3, 0.4) is 0 Å². The molecule has 2 atom stereocenters. The van der Waals surface area contributed by atoms with Gasteiger partial charge in [0.25, 0.3) is 0 Å². The molecule has 5 heteroatoms. The lowest BCUT2D eigenvalue weighted by Gasteiger charge is -2.30. The smallest absolute Gasteiger partial charge is 0.225 e. The van der Waals surface area contributed by atoms with Gasteiger partial charge in [-0.2, -0.15) is 0 Å². The first-order chi connectivity index (χ1) is 13.1. The Morgan fingerprint density at radius 1 is 1.19 bits per heavy atom. The minimum absolute atomic E-state index is 0.0394. The Morgan fingerprint density at radius 3 is 2.78 bits per heavy atom. The molecule has 0 spiro atoms. The molecule has 148 valence electrons. The monoisotopic (exact) mass is 371 g/mol. The molecule has 3 rings (SSSR count). The summed E-state index contributed by atoms with van der Waals surface area (Å²) < 4.78 is 0. The molecule has 2 aliphatic heterocycles. The summed E-state index contributed by atoms with van der Waals surface area (Å²) in [6, 6.07) is 10.2. The number of amides is 2. The SMILES string of the molecule is C[C@@H]1CCCN(CCCNC(=O)[C@@H]2CC(=O)N(CCc3ccccc3)C2)C1. The fraction of sp³-hybridized carbons (Fsp3) is 0.636. The van der Waals surface area contributed by atoms with Crippen LogP contribution in [0.15, 0.2) is 30.3 Å². The molecule has 1 N–H and O–H groups in total. The molecule has 1 aromatic carbocycles. The number of piperidine rings is 1. The Morgan fingerprint density at radius 2 is 2.00 bits per heavy atom. The maximum atomic E-state index is 12.4. The number of hydrogen-bond donors (Lipinski definition) is 1. The van der Waals surface area contributed by atoms with Crippen molar-refractivity contribution in [2.75, 3.05) is 39.3 Å². The minimum atomic E-state index is -0.191. The normalized spacial score (nSPS) is 23.6. The van der Waals surface area contributed by atoms with Crippen molar-refractivity contribution in [2.45, 2.75) is 39.0 Å². The van der Waals surface area contributed by atoms with E-state index in [1.165, 1.54) is 31.5 Å². The van der Waals surface area contributed by atoms with E-state index >= 15 is 0 Å². The van der Waals surface area contributed by atoms with E-state index in [4.69, 9.17) is 0 Å². The van der Waals surface area contributed by atoms with E-state index in [1.807, 2.05) is 23.1 Å². The van der Waals surface area contributed by atoms with Gasteiger partial charge in [0.15, 0.2) is 0 Å². The van der Waals surface area contributed by atoms with Crippen LogP contribution < -0.4 is 5.32 Å². The van der Waals surface area contributed by atoms with Crippen LogP contribution in [0.4, 0.5) is 0 Å². The second-order valence-corrected chi connectivity index (χ2v) is 8.17. The predicted octanol–water partition coefficient (Wildman–Crippen LogP) is 2.32. The van der Waals surface area contributed by atoms with Crippen LogP contribution in [0.25, 0.3) is 0 Å². The lowest BCUT2D eigenvalue weighted by Crippen LogP contribution is -2.38. The van der Waals surface area contributed by atoms with Gasteiger partial charge in [-0.15, -0.1) is 0 Å². The maximum absolute atomic E-state index is 12.4. The summed E-state index contributed by atoms with van der Waals surface area (Å²) in [5, 5.41) is 3.05. The van der Waals surface area contributed by atoms with E-state index in [2.05, 4.69) is 29.3 Å². The minimum Gasteiger partial charge on any atom is -0.356 e. The van der Waals surface area contributed by atoms with Crippen LogP contribution in [-0.2, 0) is 16.0 Å². The summed E-state index contributed by atoms with van der Waals surface area (Å²) in [5.74, 6) is 0.744. The third kappa shape index (κ3) is 6.06. The number of benzene rings is 1. The van der Waals surface area contributed by atoms with Gasteiger partial charge in [0, 0.05) is 32.6 Å². The Labute approximate surface area is 163 Å². The second-order valence-electron chi connectivity index (χ2n) is 8.17. The standard InChI is InChI=1S/C22H33N3O2/c1-18-7-5-12-24(16-18)13-6-11-23-22(27)20-15-21(26)25(17-20)14-10-19-8-3-2-4-9-19/h2-4,8-9,18,20H,5-7,10-17H2,1H3,(H,23,27)/t18-,20-/m1/s1. The lowest BCUT2D eigenvalue weighted by molar-refractivity contribution is -0.129. The summed E-state index contributed by atoms with van der Waals surface area (Å²) in [4.78, 5) is 29.0. The summed E-state index contributed by atoms with van der Waals surface area (Å²) in [6.45, 7) is 7.69. The van der Waals surface area contributed by atoms with Crippen molar-refractivity contribution >= 4 is 11.8 Å². The van der Waals surface area contributed by atoms with Gasteiger partial charge in [-0.3, -0.25) is 9.59 Å². The van der Waals surface area contributed by atoms with E-state index in [0.29, 0.717) is 26.1 Å². The molecule has 0 aliphatic carbocycles. The highest BCUT2D eigenvalue weighted by molar-refractivity contribution is 5.89. The van der Waals surface area contributed by atoms with Crippen molar-refractivity contribution in [1.82, 2.24) is 15.1 Å². The zero-order valence-corrected chi connectivity index (χ0v) is 16.5. The van der Waals surface area contributed by atoms with Crippen molar-refractivity contribution in [3.05, 3.63) is 35.9 Å². The van der Waals surface area contributed by atoms with E-state index in [0.717, 1.165) is 25.3 Å². The molecule has 0 radical (unpaired) electrons. The van der Waals surface area contributed by atoms with E-state index in [-0.39, 0.29) is 17.7 Å². The van der Waals surface area contributed by atoms with Crippen LogP contribution in [0.5, 0.6) is 0 Å². The maximum Gasteiger partial charge on any atom is 0.225 e. The molecule has 2 saturated heterocycles. The van der Waals surface area contributed by atoms with Crippen LogP contribution in [-0.4, -0.2) is 60.9 Å². The largest absolute Gasteiger partial charge is 0.356 e.